The Kier molecular flexibility index (Phi) is 3.81. The fourth-order valence-corrected chi connectivity index (χ4v) is 2.62. The molecule has 0 radical (unpaired) electrons. The van der Waals surface area contributed by atoms with Crippen LogP contribution in [0.15, 0.2) is 63.7 Å². The molecule has 0 saturated carbocycles. The number of furan rings is 1. The topological polar surface area (TPSA) is 73.0 Å². The summed E-state index contributed by atoms with van der Waals surface area (Å²) < 4.78 is 18.7. The number of nitrogens with one attached hydrogen (secondary N) is 1. The monoisotopic (exact) mass is 400 g/mol. The molecule has 6 nitrogen and oxygen atoms in total. The molecular formula is C17H10BrFN4O2. The lowest BCUT2D eigenvalue weighted by atomic mass is 10.2. The van der Waals surface area contributed by atoms with Crippen molar-refractivity contribution in [3.05, 3.63) is 70.8 Å². The van der Waals surface area contributed by atoms with Crippen molar-refractivity contribution in [3.63, 3.8) is 0 Å². The van der Waals surface area contributed by atoms with Crippen molar-refractivity contribution in [2.75, 3.05) is 5.32 Å². The molecule has 0 fully saturated rings. The Morgan fingerprint density at radius 1 is 1.04 bits per heavy atom. The van der Waals surface area contributed by atoms with Crippen LogP contribution in [0.4, 0.5) is 10.1 Å². The summed E-state index contributed by atoms with van der Waals surface area (Å²) in [7, 11) is 0. The van der Waals surface area contributed by atoms with E-state index < -0.39 is 0 Å². The van der Waals surface area contributed by atoms with Crippen LogP contribution in [0.25, 0.3) is 16.7 Å². The highest BCUT2D eigenvalue weighted by Crippen LogP contribution is 2.20. The van der Waals surface area contributed by atoms with Crippen molar-refractivity contribution in [1.29, 1.82) is 0 Å². The van der Waals surface area contributed by atoms with Gasteiger partial charge in [-0.25, -0.2) is 4.39 Å². The Morgan fingerprint density at radius 2 is 1.80 bits per heavy atom. The molecule has 0 aliphatic heterocycles. The molecule has 0 atom stereocenters. The second-order valence-electron chi connectivity index (χ2n) is 5.23. The van der Waals surface area contributed by atoms with E-state index in [1.165, 1.54) is 16.9 Å². The first-order chi connectivity index (χ1) is 12.1. The highest BCUT2D eigenvalue weighted by Gasteiger charge is 2.12. The van der Waals surface area contributed by atoms with Crippen LogP contribution in [0.2, 0.25) is 0 Å². The molecule has 4 rings (SSSR count). The molecule has 8 heteroatoms. The summed E-state index contributed by atoms with van der Waals surface area (Å²) >= 11 is 3.16. The van der Waals surface area contributed by atoms with E-state index in [0.717, 1.165) is 0 Å². The van der Waals surface area contributed by atoms with Crippen LogP contribution in [0.3, 0.4) is 0 Å². The maximum absolute atomic E-state index is 13.0. The van der Waals surface area contributed by atoms with Crippen molar-refractivity contribution in [2.24, 2.45) is 0 Å². The maximum Gasteiger partial charge on any atom is 0.291 e. The van der Waals surface area contributed by atoms with E-state index in [9.17, 15) is 9.18 Å². The fraction of sp³-hybridized carbons (Fsp3) is 0. The van der Waals surface area contributed by atoms with Gasteiger partial charge in [-0.1, -0.05) is 0 Å². The van der Waals surface area contributed by atoms with Gasteiger partial charge in [-0.15, -0.1) is 10.2 Å². The van der Waals surface area contributed by atoms with Gasteiger partial charge >= 0.3 is 0 Å². The number of carbonyl (C=O) groups excluding carboxylic acids is 1. The van der Waals surface area contributed by atoms with E-state index in [4.69, 9.17) is 4.42 Å². The van der Waals surface area contributed by atoms with Crippen molar-refractivity contribution in [1.82, 2.24) is 15.0 Å². The number of fused-ring (bicyclic) bond motifs is 1. The number of hydrogen-bond acceptors (Lipinski definition) is 4. The van der Waals surface area contributed by atoms with Crippen LogP contribution in [-0.4, -0.2) is 20.9 Å². The number of rotatable bonds is 3. The number of aromatic nitrogens is 3. The van der Waals surface area contributed by atoms with Gasteiger partial charge in [-0.2, -0.15) is 4.80 Å². The summed E-state index contributed by atoms with van der Waals surface area (Å²) in [6.45, 7) is 0. The molecule has 2 heterocycles. The average Bonchev–Trinajstić information content (AvgIpc) is 3.21. The predicted octanol–water partition coefficient (Wildman–Crippen LogP) is 4.17. The second-order valence-corrected chi connectivity index (χ2v) is 6.01. The standard InChI is InChI=1S/C17H10BrFN4O2/c18-16-8-7-15(25-16)17(24)20-11-3-6-13-14(9-11)22-23(21-13)12-4-1-10(19)2-5-12/h1-9H,(H,20,24). The van der Waals surface area contributed by atoms with Gasteiger partial charge in [0, 0.05) is 5.69 Å². The number of amides is 1. The molecule has 0 spiro atoms. The number of nitrogens with zero attached hydrogens (tertiary/aromatic N) is 3. The lowest BCUT2D eigenvalue weighted by Gasteiger charge is -2.02. The minimum absolute atomic E-state index is 0.196. The summed E-state index contributed by atoms with van der Waals surface area (Å²) in [6, 6.07) is 14.3. The summed E-state index contributed by atoms with van der Waals surface area (Å²) in [6.07, 6.45) is 0. The number of carbonyl (C=O) groups is 1. The van der Waals surface area contributed by atoms with Gasteiger partial charge in [-0.05, 0) is 70.5 Å². The summed E-state index contributed by atoms with van der Waals surface area (Å²) in [4.78, 5) is 13.5. The van der Waals surface area contributed by atoms with Gasteiger partial charge in [0.05, 0.1) is 5.69 Å². The third-order valence-electron chi connectivity index (χ3n) is 3.49. The lowest BCUT2D eigenvalue weighted by molar-refractivity contribution is 0.0995. The maximum atomic E-state index is 13.0. The summed E-state index contributed by atoms with van der Waals surface area (Å²) in [5.41, 5.74) is 2.46. The fourth-order valence-electron chi connectivity index (χ4n) is 2.31. The molecule has 2 aromatic carbocycles. The summed E-state index contributed by atoms with van der Waals surface area (Å²) in [5, 5.41) is 11.4. The van der Waals surface area contributed by atoms with Crippen LogP contribution in [0.1, 0.15) is 10.6 Å². The van der Waals surface area contributed by atoms with Gasteiger partial charge in [-0.3, -0.25) is 4.79 Å². The first-order valence-electron chi connectivity index (χ1n) is 7.28. The Morgan fingerprint density at radius 3 is 2.52 bits per heavy atom. The first-order valence-corrected chi connectivity index (χ1v) is 8.07. The van der Waals surface area contributed by atoms with Crippen LogP contribution in [-0.2, 0) is 0 Å². The summed E-state index contributed by atoms with van der Waals surface area (Å²) in [5.74, 6) is -0.493. The van der Waals surface area contributed by atoms with Gasteiger partial charge in [0.25, 0.3) is 5.91 Å². The molecule has 0 aliphatic carbocycles. The van der Waals surface area contributed by atoms with E-state index in [1.807, 2.05) is 0 Å². The van der Waals surface area contributed by atoms with Crippen molar-refractivity contribution in [3.8, 4) is 5.69 Å². The number of halogens is 2. The minimum Gasteiger partial charge on any atom is -0.444 e. The zero-order valence-corrected chi connectivity index (χ0v) is 14.2. The van der Waals surface area contributed by atoms with Gasteiger partial charge in [0.1, 0.15) is 16.9 Å². The molecule has 25 heavy (non-hydrogen) atoms. The molecule has 0 saturated heterocycles. The lowest BCUT2D eigenvalue weighted by Crippen LogP contribution is -2.10. The highest BCUT2D eigenvalue weighted by molar-refractivity contribution is 9.10. The van der Waals surface area contributed by atoms with E-state index in [-0.39, 0.29) is 17.5 Å². The van der Waals surface area contributed by atoms with E-state index in [0.29, 0.717) is 27.1 Å². The quantitative estimate of drug-likeness (QED) is 0.560. The van der Waals surface area contributed by atoms with Gasteiger partial charge in [0.15, 0.2) is 10.4 Å². The van der Waals surface area contributed by atoms with E-state index in [1.54, 1.807) is 42.5 Å². The molecule has 1 amide bonds. The van der Waals surface area contributed by atoms with E-state index in [2.05, 4.69) is 31.4 Å². The zero-order valence-electron chi connectivity index (χ0n) is 12.6. The van der Waals surface area contributed by atoms with Gasteiger partial charge < -0.3 is 9.73 Å². The third kappa shape index (κ3) is 3.16. The van der Waals surface area contributed by atoms with Crippen LogP contribution < -0.4 is 5.32 Å². The molecule has 0 bridgehead atoms. The van der Waals surface area contributed by atoms with Crippen LogP contribution in [0, 0.1) is 5.82 Å². The zero-order chi connectivity index (χ0) is 17.4. The molecule has 2 aromatic heterocycles. The molecule has 124 valence electrons. The van der Waals surface area contributed by atoms with Gasteiger partial charge in [0.2, 0.25) is 0 Å². The van der Waals surface area contributed by atoms with E-state index >= 15 is 0 Å². The first kappa shape index (κ1) is 15.5. The van der Waals surface area contributed by atoms with Crippen molar-refractivity contribution in [2.45, 2.75) is 0 Å². The molecule has 1 N–H and O–H groups in total. The smallest absolute Gasteiger partial charge is 0.291 e. The minimum atomic E-state index is -0.365. The normalized spacial score (nSPS) is 11.0. The Labute approximate surface area is 149 Å². The van der Waals surface area contributed by atoms with Crippen LogP contribution in [0.5, 0.6) is 0 Å². The SMILES string of the molecule is O=C(Nc1ccc2nn(-c3ccc(F)cc3)nc2c1)c1ccc(Br)o1. The number of benzene rings is 2. The third-order valence-corrected chi connectivity index (χ3v) is 3.92. The second kappa shape index (κ2) is 6.14. The Bertz CT molecular complexity index is 1070. The molecule has 4 aromatic rings. The molecular weight excluding hydrogens is 391 g/mol. The predicted molar refractivity (Wildman–Crippen MR) is 93.2 cm³/mol. The Hall–Kier alpha value is -3.00. The highest BCUT2D eigenvalue weighted by atomic mass is 79.9. The average molecular weight is 401 g/mol. The largest absolute Gasteiger partial charge is 0.444 e. The molecule has 0 aliphatic rings. The number of hydrogen-bond donors (Lipinski definition) is 1. The van der Waals surface area contributed by atoms with Crippen molar-refractivity contribution >= 4 is 38.6 Å². The van der Waals surface area contributed by atoms with Crippen molar-refractivity contribution < 1.29 is 13.6 Å². The number of anilines is 1. The van der Waals surface area contributed by atoms with Crippen LogP contribution >= 0.6 is 15.9 Å². The Balaban J connectivity index is 1.61. The molecule has 0 unspecified atom stereocenters.